The van der Waals surface area contributed by atoms with Crippen LogP contribution in [0, 0.1) is 0 Å². The summed E-state index contributed by atoms with van der Waals surface area (Å²) in [5.41, 5.74) is 3.25. The lowest BCUT2D eigenvalue weighted by atomic mass is 10.2. The van der Waals surface area contributed by atoms with Crippen LogP contribution in [0.5, 0.6) is 11.5 Å². The normalized spacial score (nSPS) is 10.6. The summed E-state index contributed by atoms with van der Waals surface area (Å²) in [4.78, 5) is 49.5. The predicted octanol–water partition coefficient (Wildman–Crippen LogP) is 5.52. The summed E-state index contributed by atoms with van der Waals surface area (Å²) in [6.07, 6.45) is 1.17. The van der Waals surface area contributed by atoms with E-state index < -0.39 is 23.8 Å². The van der Waals surface area contributed by atoms with Crippen LogP contribution in [0.1, 0.15) is 26.3 Å². The van der Waals surface area contributed by atoms with Crippen molar-refractivity contribution in [2.75, 3.05) is 5.32 Å². The SMILES string of the molecule is O=C(N/N=C/c1ccc(OC(=O)c2ccc(Cl)cc2)cc1OC(=O)c1ccc(Cl)cc1)C(=O)Nc1ccccc1. The first-order valence-corrected chi connectivity index (χ1v) is 12.3. The monoisotopic (exact) mass is 575 g/mol. The van der Waals surface area contributed by atoms with Crippen LogP contribution in [0.2, 0.25) is 10.0 Å². The summed E-state index contributed by atoms with van der Waals surface area (Å²) < 4.78 is 10.9. The molecule has 0 bridgehead atoms. The van der Waals surface area contributed by atoms with Crippen LogP contribution in [0.15, 0.2) is 102 Å². The minimum absolute atomic E-state index is 0.0342. The largest absolute Gasteiger partial charge is 0.423 e. The maximum atomic E-state index is 12.8. The second kappa shape index (κ2) is 13.2. The Morgan fingerprint density at radius 2 is 1.25 bits per heavy atom. The molecule has 0 unspecified atom stereocenters. The third-order valence-electron chi connectivity index (χ3n) is 5.17. The molecule has 2 amide bonds. The first-order chi connectivity index (χ1) is 19.3. The highest BCUT2D eigenvalue weighted by Gasteiger charge is 2.16. The smallest absolute Gasteiger partial charge is 0.343 e. The van der Waals surface area contributed by atoms with Crippen molar-refractivity contribution in [3.8, 4) is 11.5 Å². The second-order valence-corrected chi connectivity index (χ2v) is 8.88. The molecule has 0 fully saturated rings. The fourth-order valence-corrected chi connectivity index (χ4v) is 3.44. The summed E-state index contributed by atoms with van der Waals surface area (Å²) in [7, 11) is 0. The second-order valence-electron chi connectivity index (χ2n) is 8.01. The minimum atomic E-state index is -1.02. The van der Waals surface area contributed by atoms with E-state index in [1.165, 1.54) is 60.8 Å². The molecule has 9 nitrogen and oxygen atoms in total. The Hall–Kier alpha value is -4.99. The number of benzene rings is 4. The molecule has 0 radical (unpaired) electrons. The summed E-state index contributed by atoms with van der Waals surface area (Å²) in [5, 5.41) is 7.12. The Balaban J connectivity index is 1.51. The van der Waals surface area contributed by atoms with E-state index in [1.807, 2.05) is 0 Å². The zero-order valence-electron chi connectivity index (χ0n) is 20.5. The third-order valence-corrected chi connectivity index (χ3v) is 5.67. The number of hydrogen-bond donors (Lipinski definition) is 2. The molecule has 0 spiro atoms. The van der Waals surface area contributed by atoms with Crippen molar-refractivity contribution in [3.63, 3.8) is 0 Å². The molecule has 0 saturated heterocycles. The number of carbonyl (C=O) groups is 4. The summed E-state index contributed by atoms with van der Waals surface area (Å²) >= 11 is 11.8. The minimum Gasteiger partial charge on any atom is -0.423 e. The van der Waals surface area contributed by atoms with Crippen LogP contribution in [-0.4, -0.2) is 30.0 Å². The third kappa shape index (κ3) is 7.76. The number of esters is 2. The van der Waals surface area contributed by atoms with E-state index in [1.54, 1.807) is 42.5 Å². The number of hydrogen-bond acceptors (Lipinski definition) is 7. The number of rotatable bonds is 7. The van der Waals surface area contributed by atoms with Gasteiger partial charge < -0.3 is 14.8 Å². The number of hydrazone groups is 1. The van der Waals surface area contributed by atoms with E-state index in [0.29, 0.717) is 15.7 Å². The molecule has 2 N–H and O–H groups in total. The van der Waals surface area contributed by atoms with Crippen molar-refractivity contribution in [2.24, 2.45) is 5.10 Å². The van der Waals surface area contributed by atoms with Gasteiger partial charge in [0.1, 0.15) is 11.5 Å². The number of para-hydroxylation sites is 1. The molecule has 4 aromatic rings. The quantitative estimate of drug-likeness (QED) is 0.0982. The van der Waals surface area contributed by atoms with Gasteiger partial charge in [0, 0.05) is 27.4 Å². The molecule has 0 aliphatic carbocycles. The van der Waals surface area contributed by atoms with Crippen LogP contribution >= 0.6 is 23.2 Å². The maximum Gasteiger partial charge on any atom is 0.343 e. The molecular weight excluding hydrogens is 557 g/mol. The molecule has 0 heterocycles. The van der Waals surface area contributed by atoms with Crippen molar-refractivity contribution < 1.29 is 28.7 Å². The molecule has 0 aliphatic heterocycles. The van der Waals surface area contributed by atoms with Gasteiger partial charge in [0.15, 0.2) is 0 Å². The molecule has 0 aromatic heterocycles. The molecule has 0 atom stereocenters. The number of nitrogens with zero attached hydrogens (tertiary/aromatic N) is 1. The summed E-state index contributed by atoms with van der Waals surface area (Å²) in [6.45, 7) is 0. The van der Waals surface area contributed by atoms with Gasteiger partial charge in [0.2, 0.25) is 0 Å². The van der Waals surface area contributed by atoms with Gasteiger partial charge in [-0.05, 0) is 72.8 Å². The van der Waals surface area contributed by atoms with Crippen LogP contribution in [0.25, 0.3) is 0 Å². The first kappa shape index (κ1) is 28.0. The van der Waals surface area contributed by atoms with Gasteiger partial charge in [0.05, 0.1) is 17.3 Å². The van der Waals surface area contributed by atoms with Gasteiger partial charge in [-0.2, -0.15) is 5.10 Å². The van der Waals surface area contributed by atoms with Gasteiger partial charge in [-0.15, -0.1) is 0 Å². The van der Waals surface area contributed by atoms with Crippen molar-refractivity contribution in [3.05, 3.63) is 124 Å². The zero-order chi connectivity index (χ0) is 28.5. The predicted molar refractivity (Wildman–Crippen MR) is 150 cm³/mol. The van der Waals surface area contributed by atoms with Gasteiger partial charge in [0.25, 0.3) is 0 Å². The van der Waals surface area contributed by atoms with Crippen LogP contribution in [-0.2, 0) is 9.59 Å². The Kier molecular flexibility index (Phi) is 9.24. The van der Waals surface area contributed by atoms with Gasteiger partial charge in [-0.25, -0.2) is 15.0 Å². The van der Waals surface area contributed by atoms with E-state index in [4.69, 9.17) is 32.7 Å². The summed E-state index contributed by atoms with van der Waals surface area (Å²) in [5.74, 6) is -3.30. The zero-order valence-corrected chi connectivity index (χ0v) is 22.0. The molecule has 4 rings (SSSR count). The molecule has 0 aliphatic rings. The highest BCUT2D eigenvalue weighted by molar-refractivity contribution is 6.39. The lowest BCUT2D eigenvalue weighted by Gasteiger charge is -2.11. The van der Waals surface area contributed by atoms with Crippen molar-refractivity contribution in [1.82, 2.24) is 5.43 Å². The topological polar surface area (TPSA) is 123 Å². The van der Waals surface area contributed by atoms with Crippen molar-refractivity contribution >= 4 is 58.9 Å². The standard InChI is InChI=1S/C29H19Cl2N3O6/c30-21-11-6-18(7-12-21)28(37)39-24-15-10-20(25(16-24)40-29(38)19-8-13-22(31)14-9-19)17-32-34-27(36)26(35)33-23-4-2-1-3-5-23/h1-17H,(H,33,35)(H,34,36)/b32-17+. The van der Waals surface area contributed by atoms with Crippen molar-refractivity contribution in [1.29, 1.82) is 0 Å². The number of halogens is 2. The molecule has 200 valence electrons. The molecular formula is C29H19Cl2N3O6. The van der Waals surface area contributed by atoms with E-state index in [9.17, 15) is 19.2 Å². The fourth-order valence-electron chi connectivity index (χ4n) is 3.19. The number of anilines is 1. The lowest BCUT2D eigenvalue weighted by Crippen LogP contribution is -2.32. The highest BCUT2D eigenvalue weighted by Crippen LogP contribution is 2.26. The number of nitrogens with one attached hydrogen (secondary N) is 2. The molecule has 11 heteroatoms. The van der Waals surface area contributed by atoms with Gasteiger partial charge in [-0.1, -0.05) is 41.4 Å². The molecule has 40 heavy (non-hydrogen) atoms. The van der Waals surface area contributed by atoms with Crippen LogP contribution in [0.4, 0.5) is 5.69 Å². The number of carbonyl (C=O) groups excluding carboxylic acids is 4. The Labute approximate surface area is 238 Å². The molecule has 4 aromatic carbocycles. The average Bonchev–Trinajstić information content (AvgIpc) is 2.95. The lowest BCUT2D eigenvalue weighted by molar-refractivity contribution is -0.136. The highest BCUT2D eigenvalue weighted by atomic mass is 35.5. The molecule has 0 saturated carbocycles. The first-order valence-electron chi connectivity index (χ1n) is 11.6. The Bertz CT molecular complexity index is 1570. The van der Waals surface area contributed by atoms with Crippen LogP contribution in [0.3, 0.4) is 0 Å². The maximum absolute atomic E-state index is 12.8. The average molecular weight is 576 g/mol. The fraction of sp³-hybridized carbons (Fsp3) is 0. The number of ether oxygens (including phenoxy) is 2. The van der Waals surface area contributed by atoms with Gasteiger partial charge in [-0.3, -0.25) is 9.59 Å². The summed E-state index contributed by atoms with van der Waals surface area (Å²) in [6, 6.07) is 24.7. The van der Waals surface area contributed by atoms with E-state index in [-0.39, 0.29) is 28.2 Å². The Morgan fingerprint density at radius 3 is 1.85 bits per heavy atom. The van der Waals surface area contributed by atoms with Gasteiger partial charge >= 0.3 is 23.8 Å². The number of amides is 2. The van der Waals surface area contributed by atoms with E-state index in [2.05, 4.69) is 15.8 Å². The van der Waals surface area contributed by atoms with Crippen molar-refractivity contribution in [2.45, 2.75) is 0 Å². The van der Waals surface area contributed by atoms with E-state index in [0.717, 1.165) is 0 Å². The Morgan fingerprint density at radius 1 is 0.675 bits per heavy atom. The van der Waals surface area contributed by atoms with Crippen LogP contribution < -0.4 is 20.2 Å². The van der Waals surface area contributed by atoms with E-state index >= 15 is 0 Å².